The number of rotatable bonds is 4. The van der Waals surface area contributed by atoms with Gasteiger partial charge in [-0.25, -0.2) is 0 Å². The first kappa shape index (κ1) is 10.4. The minimum Gasteiger partial charge on any atom is -0.297 e. The van der Waals surface area contributed by atoms with Crippen LogP contribution in [-0.2, 0) is 0 Å². The predicted octanol–water partition coefficient (Wildman–Crippen LogP) is 2.93. The SMILES string of the molecule is C=NCC(=CC(C)C)C(C)C. The molecule has 0 aromatic rings. The predicted molar refractivity (Wildman–Crippen MR) is 52.2 cm³/mol. The summed E-state index contributed by atoms with van der Waals surface area (Å²) >= 11 is 0. The highest BCUT2D eigenvalue weighted by atomic mass is 14.7. The summed E-state index contributed by atoms with van der Waals surface area (Å²) in [6, 6.07) is 0. The van der Waals surface area contributed by atoms with E-state index in [1.807, 2.05) is 0 Å². The fourth-order valence-corrected chi connectivity index (χ4v) is 0.985. The van der Waals surface area contributed by atoms with Crippen molar-refractivity contribution in [2.24, 2.45) is 16.8 Å². The molecule has 1 nitrogen and oxygen atoms in total. The van der Waals surface area contributed by atoms with Crippen LogP contribution < -0.4 is 0 Å². The van der Waals surface area contributed by atoms with E-state index in [0.29, 0.717) is 11.8 Å². The molecule has 11 heavy (non-hydrogen) atoms. The number of hydrogen-bond donors (Lipinski definition) is 0. The Hall–Kier alpha value is -0.590. The summed E-state index contributed by atoms with van der Waals surface area (Å²) in [7, 11) is 0. The molecule has 0 radical (unpaired) electrons. The minimum absolute atomic E-state index is 0.600. The molecule has 0 atom stereocenters. The number of allylic oxidation sites excluding steroid dienone is 1. The molecule has 0 fully saturated rings. The minimum atomic E-state index is 0.600. The molecule has 0 saturated carbocycles. The van der Waals surface area contributed by atoms with Crippen LogP contribution in [0.3, 0.4) is 0 Å². The molecule has 0 unspecified atom stereocenters. The average molecular weight is 153 g/mol. The molecule has 1 heteroatoms. The van der Waals surface area contributed by atoms with Crippen LogP contribution in [0.5, 0.6) is 0 Å². The maximum absolute atomic E-state index is 3.89. The highest BCUT2D eigenvalue weighted by molar-refractivity contribution is 5.25. The van der Waals surface area contributed by atoms with Gasteiger partial charge in [-0.05, 0) is 18.6 Å². The lowest BCUT2D eigenvalue weighted by Gasteiger charge is -2.09. The van der Waals surface area contributed by atoms with Crippen LogP contribution in [0, 0.1) is 11.8 Å². The van der Waals surface area contributed by atoms with Crippen LogP contribution in [0.2, 0.25) is 0 Å². The second-order valence-electron chi connectivity index (χ2n) is 3.52. The second kappa shape index (κ2) is 5.11. The fourth-order valence-electron chi connectivity index (χ4n) is 0.985. The van der Waals surface area contributed by atoms with Crippen molar-refractivity contribution in [3.63, 3.8) is 0 Å². The molecule has 0 aromatic carbocycles. The summed E-state index contributed by atoms with van der Waals surface area (Å²) in [5.41, 5.74) is 1.40. The molecule has 0 heterocycles. The second-order valence-corrected chi connectivity index (χ2v) is 3.52. The van der Waals surface area contributed by atoms with Crippen LogP contribution in [0.25, 0.3) is 0 Å². The summed E-state index contributed by atoms with van der Waals surface area (Å²) in [5, 5.41) is 0. The highest BCUT2D eigenvalue weighted by Crippen LogP contribution is 2.12. The largest absolute Gasteiger partial charge is 0.297 e. The summed E-state index contributed by atoms with van der Waals surface area (Å²) < 4.78 is 0. The highest BCUT2D eigenvalue weighted by Gasteiger charge is 2.01. The maximum Gasteiger partial charge on any atom is 0.0595 e. The quantitative estimate of drug-likeness (QED) is 0.435. The van der Waals surface area contributed by atoms with Gasteiger partial charge in [0.2, 0.25) is 0 Å². The Morgan fingerprint density at radius 1 is 1.36 bits per heavy atom. The first-order valence-electron chi connectivity index (χ1n) is 4.21. The van der Waals surface area contributed by atoms with E-state index in [1.54, 1.807) is 0 Å². The van der Waals surface area contributed by atoms with E-state index in [-0.39, 0.29) is 0 Å². The van der Waals surface area contributed by atoms with Crippen LogP contribution in [-0.4, -0.2) is 13.3 Å². The Balaban J connectivity index is 4.19. The van der Waals surface area contributed by atoms with Crippen LogP contribution in [0.4, 0.5) is 0 Å². The van der Waals surface area contributed by atoms with Gasteiger partial charge in [0.25, 0.3) is 0 Å². The van der Waals surface area contributed by atoms with Gasteiger partial charge in [-0.15, -0.1) is 0 Å². The molecule has 0 aliphatic heterocycles. The third-order valence-electron chi connectivity index (χ3n) is 1.58. The monoisotopic (exact) mass is 153 g/mol. The average Bonchev–Trinajstić information content (AvgIpc) is 1.86. The van der Waals surface area contributed by atoms with Crippen LogP contribution in [0.1, 0.15) is 27.7 Å². The van der Waals surface area contributed by atoms with Crippen molar-refractivity contribution in [1.82, 2.24) is 0 Å². The summed E-state index contributed by atoms with van der Waals surface area (Å²) in [6.07, 6.45) is 2.28. The van der Waals surface area contributed by atoms with Gasteiger partial charge in [-0.3, -0.25) is 4.99 Å². The number of nitrogens with zero attached hydrogens (tertiary/aromatic N) is 1. The zero-order valence-corrected chi connectivity index (χ0v) is 8.09. The van der Waals surface area contributed by atoms with E-state index in [2.05, 4.69) is 45.5 Å². The van der Waals surface area contributed by atoms with E-state index in [0.717, 1.165) is 6.54 Å². The van der Waals surface area contributed by atoms with Gasteiger partial charge in [-0.2, -0.15) is 0 Å². The van der Waals surface area contributed by atoms with E-state index in [1.165, 1.54) is 5.57 Å². The molecule has 0 amide bonds. The van der Waals surface area contributed by atoms with Crippen molar-refractivity contribution in [2.45, 2.75) is 27.7 Å². The van der Waals surface area contributed by atoms with Crippen molar-refractivity contribution in [3.8, 4) is 0 Å². The van der Waals surface area contributed by atoms with Crippen molar-refractivity contribution in [2.75, 3.05) is 6.54 Å². The maximum atomic E-state index is 3.89. The topological polar surface area (TPSA) is 12.4 Å². The van der Waals surface area contributed by atoms with Crippen LogP contribution >= 0.6 is 0 Å². The van der Waals surface area contributed by atoms with Gasteiger partial charge in [0.1, 0.15) is 0 Å². The van der Waals surface area contributed by atoms with Gasteiger partial charge < -0.3 is 0 Å². The van der Waals surface area contributed by atoms with E-state index >= 15 is 0 Å². The molecule has 0 saturated heterocycles. The summed E-state index contributed by atoms with van der Waals surface area (Å²) in [5.74, 6) is 1.22. The van der Waals surface area contributed by atoms with Gasteiger partial charge in [0.15, 0.2) is 0 Å². The summed E-state index contributed by atoms with van der Waals surface area (Å²) in [4.78, 5) is 3.89. The first-order chi connectivity index (χ1) is 5.07. The smallest absolute Gasteiger partial charge is 0.0595 e. The Kier molecular flexibility index (Phi) is 4.84. The van der Waals surface area contributed by atoms with E-state index in [9.17, 15) is 0 Å². The van der Waals surface area contributed by atoms with Crippen molar-refractivity contribution in [3.05, 3.63) is 11.6 Å². The van der Waals surface area contributed by atoms with Gasteiger partial charge >= 0.3 is 0 Å². The van der Waals surface area contributed by atoms with Crippen molar-refractivity contribution in [1.29, 1.82) is 0 Å². The Bertz CT molecular complexity index is 143. The molecule has 0 rings (SSSR count). The molecule has 0 bridgehead atoms. The third kappa shape index (κ3) is 4.77. The Morgan fingerprint density at radius 3 is 2.18 bits per heavy atom. The van der Waals surface area contributed by atoms with Gasteiger partial charge in [0, 0.05) is 0 Å². The lowest BCUT2D eigenvalue weighted by molar-refractivity contribution is 0.713. The van der Waals surface area contributed by atoms with Crippen LogP contribution in [0.15, 0.2) is 16.6 Å². The van der Waals surface area contributed by atoms with E-state index < -0.39 is 0 Å². The van der Waals surface area contributed by atoms with Gasteiger partial charge in [-0.1, -0.05) is 39.3 Å². The van der Waals surface area contributed by atoms with Crippen molar-refractivity contribution < 1.29 is 0 Å². The number of hydrogen-bond acceptors (Lipinski definition) is 1. The molecule has 64 valence electrons. The normalized spacial score (nSPS) is 12.7. The van der Waals surface area contributed by atoms with E-state index in [4.69, 9.17) is 0 Å². The molecule has 0 aromatic heterocycles. The Morgan fingerprint density at radius 2 is 1.91 bits per heavy atom. The first-order valence-corrected chi connectivity index (χ1v) is 4.21. The molecular weight excluding hydrogens is 134 g/mol. The standard InChI is InChI=1S/C10H19N/c1-8(2)6-10(7-11-5)9(3)4/h6,8-9H,5,7H2,1-4H3. The lowest BCUT2D eigenvalue weighted by atomic mass is 9.99. The fraction of sp³-hybridized carbons (Fsp3) is 0.700. The zero-order valence-electron chi connectivity index (χ0n) is 8.09. The Labute approximate surface area is 70.2 Å². The lowest BCUT2D eigenvalue weighted by Crippen LogP contribution is -1.99. The molecular formula is C10H19N. The molecule has 0 aliphatic carbocycles. The van der Waals surface area contributed by atoms with Crippen molar-refractivity contribution >= 4 is 6.72 Å². The molecule has 0 N–H and O–H groups in total. The summed E-state index contributed by atoms with van der Waals surface area (Å²) in [6.45, 7) is 13.0. The molecule has 0 aliphatic rings. The van der Waals surface area contributed by atoms with Gasteiger partial charge in [0.05, 0.1) is 6.54 Å². The zero-order chi connectivity index (χ0) is 8.85. The molecule has 0 spiro atoms. The number of aliphatic imine (C=N–C) groups is 1. The third-order valence-corrected chi connectivity index (χ3v) is 1.58.